The maximum atomic E-state index is 13.2. The zero-order valence-corrected chi connectivity index (χ0v) is 21.6. The van der Waals surface area contributed by atoms with Crippen LogP contribution in [0.2, 0.25) is 0 Å². The van der Waals surface area contributed by atoms with E-state index < -0.39 is 47.4 Å². The maximum absolute atomic E-state index is 13.2. The number of benzene rings is 1. The van der Waals surface area contributed by atoms with Gasteiger partial charge < -0.3 is 14.5 Å². The number of ether oxygens (including phenoxy) is 1. The number of amides is 6. The molecule has 1 unspecified atom stereocenters. The zero-order valence-electron chi connectivity index (χ0n) is 21.6. The van der Waals surface area contributed by atoms with E-state index in [4.69, 9.17) is 4.74 Å². The first-order chi connectivity index (χ1) is 17.3. The smallest absolute Gasteiger partial charge is 0.411 e. The zero-order chi connectivity index (χ0) is 27.2. The van der Waals surface area contributed by atoms with Gasteiger partial charge in [0, 0.05) is 45.8 Å². The molecule has 0 spiro atoms. The fourth-order valence-corrected chi connectivity index (χ4v) is 4.72. The topological polar surface area (TPSA) is 137 Å². The van der Waals surface area contributed by atoms with Crippen molar-refractivity contribution < 1.29 is 33.5 Å². The normalized spacial score (nSPS) is 22.1. The van der Waals surface area contributed by atoms with Crippen molar-refractivity contribution in [2.24, 2.45) is 0 Å². The highest BCUT2D eigenvalue weighted by molar-refractivity contribution is 6.23. The lowest BCUT2D eigenvalue weighted by atomic mass is 10.0. The minimum atomic E-state index is -1.05. The Balaban J connectivity index is 1.57. The molecular weight excluding hydrogens is 482 g/mol. The molecule has 2 fully saturated rings. The summed E-state index contributed by atoms with van der Waals surface area (Å²) in [5.74, 6) is -2.57. The SMILES string of the molecule is CN(C)C(=O)[C@H]1CN(c2ccc3c(c2)C(=O)N(C2CCC(=O)NC2=O)C3=O)CCN1C(=O)OC(C)(C)C. The van der Waals surface area contributed by atoms with Crippen molar-refractivity contribution in [3.63, 3.8) is 0 Å². The molecule has 1 N–H and O–H groups in total. The third kappa shape index (κ3) is 5.00. The molecule has 3 aliphatic heterocycles. The second-order valence-corrected chi connectivity index (χ2v) is 10.5. The van der Waals surface area contributed by atoms with Gasteiger partial charge in [-0.1, -0.05) is 0 Å². The molecule has 1 aromatic rings. The van der Waals surface area contributed by atoms with E-state index in [0.717, 1.165) is 4.90 Å². The van der Waals surface area contributed by atoms with Gasteiger partial charge in [-0.3, -0.25) is 39.1 Å². The van der Waals surface area contributed by atoms with E-state index >= 15 is 0 Å². The lowest BCUT2D eigenvalue weighted by Crippen LogP contribution is -2.61. The minimum Gasteiger partial charge on any atom is -0.444 e. The highest BCUT2D eigenvalue weighted by Gasteiger charge is 2.45. The molecule has 1 aromatic carbocycles. The van der Waals surface area contributed by atoms with Crippen LogP contribution in [0.4, 0.5) is 10.5 Å². The van der Waals surface area contributed by atoms with Crippen molar-refractivity contribution in [1.82, 2.24) is 20.0 Å². The van der Waals surface area contributed by atoms with E-state index in [1.807, 2.05) is 4.90 Å². The molecule has 198 valence electrons. The molecule has 0 radical (unpaired) electrons. The quantitative estimate of drug-likeness (QED) is 0.581. The first kappa shape index (κ1) is 26.1. The number of hydrogen-bond acceptors (Lipinski definition) is 8. The summed E-state index contributed by atoms with van der Waals surface area (Å²) in [4.78, 5) is 81.4. The summed E-state index contributed by atoms with van der Waals surface area (Å²) < 4.78 is 5.51. The van der Waals surface area contributed by atoms with Crippen molar-refractivity contribution in [2.45, 2.75) is 51.3 Å². The molecule has 0 aromatic heterocycles. The summed E-state index contributed by atoms with van der Waals surface area (Å²) in [5.41, 5.74) is 0.204. The van der Waals surface area contributed by atoms with Crippen LogP contribution in [0.1, 0.15) is 54.3 Å². The average Bonchev–Trinajstić information content (AvgIpc) is 3.06. The Hall–Kier alpha value is -3.96. The average molecular weight is 514 g/mol. The molecular formula is C25H31N5O7. The number of rotatable bonds is 3. The Morgan fingerprint density at radius 1 is 1.03 bits per heavy atom. The Labute approximate surface area is 214 Å². The van der Waals surface area contributed by atoms with E-state index in [-0.39, 0.29) is 43.0 Å². The maximum Gasteiger partial charge on any atom is 0.411 e. The van der Waals surface area contributed by atoms with Gasteiger partial charge in [0.05, 0.1) is 11.1 Å². The lowest BCUT2D eigenvalue weighted by molar-refractivity contribution is -0.136. The predicted octanol–water partition coefficient (Wildman–Crippen LogP) is 0.602. The number of carbonyl (C=O) groups is 6. The number of nitrogens with zero attached hydrogens (tertiary/aromatic N) is 4. The first-order valence-corrected chi connectivity index (χ1v) is 12.1. The standard InChI is InChI=1S/C25H31N5O7/c1-25(2,3)37-24(36)29-11-10-28(13-18(29)23(35)27(4)5)14-6-7-15-16(12-14)22(34)30(21(15)33)17-8-9-19(31)26-20(17)32/h6-7,12,17-18H,8-11,13H2,1-5H3,(H,26,31,32)/t17?,18-/m1/s1. The molecule has 3 aliphatic rings. The van der Waals surface area contributed by atoms with Crippen molar-refractivity contribution in [1.29, 1.82) is 0 Å². The number of carbonyl (C=O) groups excluding carboxylic acids is 6. The van der Waals surface area contributed by atoms with Gasteiger partial charge in [-0.15, -0.1) is 0 Å². The van der Waals surface area contributed by atoms with Crippen LogP contribution in [0.3, 0.4) is 0 Å². The van der Waals surface area contributed by atoms with Gasteiger partial charge in [0.1, 0.15) is 17.7 Å². The number of fused-ring (bicyclic) bond motifs is 1. The molecule has 0 aliphatic carbocycles. The van der Waals surface area contributed by atoms with Crippen molar-refractivity contribution in [3.8, 4) is 0 Å². The Bertz CT molecular complexity index is 1190. The summed E-state index contributed by atoms with van der Waals surface area (Å²) in [6, 6.07) is 2.91. The Kier molecular flexibility index (Phi) is 6.70. The predicted molar refractivity (Wildman–Crippen MR) is 131 cm³/mol. The minimum absolute atomic E-state index is 0.0400. The number of imide groups is 2. The highest BCUT2D eigenvalue weighted by atomic mass is 16.6. The van der Waals surface area contributed by atoms with E-state index in [0.29, 0.717) is 12.2 Å². The van der Waals surface area contributed by atoms with E-state index in [9.17, 15) is 28.8 Å². The van der Waals surface area contributed by atoms with Crippen LogP contribution in [-0.4, -0.2) is 102 Å². The van der Waals surface area contributed by atoms with Gasteiger partial charge in [0.15, 0.2) is 0 Å². The van der Waals surface area contributed by atoms with Crippen LogP contribution in [0.15, 0.2) is 18.2 Å². The summed E-state index contributed by atoms with van der Waals surface area (Å²) in [7, 11) is 3.22. The van der Waals surface area contributed by atoms with E-state index in [1.165, 1.54) is 15.9 Å². The van der Waals surface area contributed by atoms with Crippen LogP contribution >= 0.6 is 0 Å². The molecule has 0 saturated carbocycles. The summed E-state index contributed by atoms with van der Waals surface area (Å²) in [6.07, 6.45) is -0.468. The van der Waals surface area contributed by atoms with Gasteiger partial charge in [-0.25, -0.2) is 4.79 Å². The van der Waals surface area contributed by atoms with Crippen LogP contribution in [-0.2, 0) is 19.1 Å². The van der Waals surface area contributed by atoms with Gasteiger partial charge in [-0.05, 0) is 45.4 Å². The van der Waals surface area contributed by atoms with Crippen LogP contribution in [0, 0.1) is 0 Å². The van der Waals surface area contributed by atoms with E-state index in [2.05, 4.69) is 5.32 Å². The van der Waals surface area contributed by atoms with Gasteiger partial charge in [0.2, 0.25) is 17.7 Å². The van der Waals surface area contributed by atoms with Crippen molar-refractivity contribution in [2.75, 3.05) is 38.6 Å². The third-order valence-electron chi connectivity index (χ3n) is 6.52. The number of nitrogens with one attached hydrogen (secondary N) is 1. The van der Waals surface area contributed by atoms with Crippen molar-refractivity contribution in [3.05, 3.63) is 29.3 Å². The second-order valence-electron chi connectivity index (χ2n) is 10.5. The molecule has 2 saturated heterocycles. The number of piperazine rings is 1. The van der Waals surface area contributed by atoms with Crippen LogP contribution < -0.4 is 10.2 Å². The molecule has 0 bridgehead atoms. The third-order valence-corrected chi connectivity index (χ3v) is 6.52. The first-order valence-electron chi connectivity index (χ1n) is 12.1. The molecule has 12 nitrogen and oxygen atoms in total. The molecule has 4 rings (SSSR count). The summed E-state index contributed by atoms with van der Waals surface area (Å²) in [5, 5.41) is 2.18. The molecule has 2 atom stereocenters. The van der Waals surface area contributed by atoms with Gasteiger partial charge in [0.25, 0.3) is 11.8 Å². The molecule has 3 heterocycles. The highest BCUT2D eigenvalue weighted by Crippen LogP contribution is 2.31. The second kappa shape index (κ2) is 9.49. The monoisotopic (exact) mass is 513 g/mol. The van der Waals surface area contributed by atoms with E-state index in [1.54, 1.807) is 47.0 Å². The number of piperidine rings is 1. The summed E-state index contributed by atoms with van der Waals surface area (Å²) >= 11 is 0. The summed E-state index contributed by atoms with van der Waals surface area (Å²) in [6.45, 7) is 6.01. The molecule has 12 heteroatoms. The fourth-order valence-electron chi connectivity index (χ4n) is 4.72. The van der Waals surface area contributed by atoms with Gasteiger partial charge in [-0.2, -0.15) is 0 Å². The Morgan fingerprint density at radius 2 is 1.70 bits per heavy atom. The van der Waals surface area contributed by atoms with Gasteiger partial charge >= 0.3 is 6.09 Å². The number of likely N-dealkylation sites (N-methyl/N-ethyl adjacent to an activating group) is 1. The Morgan fingerprint density at radius 3 is 2.32 bits per heavy atom. The molecule has 37 heavy (non-hydrogen) atoms. The largest absolute Gasteiger partial charge is 0.444 e. The van der Waals surface area contributed by atoms with Crippen molar-refractivity contribution >= 4 is 41.3 Å². The fraction of sp³-hybridized carbons (Fsp3) is 0.520. The molecule has 6 amide bonds. The lowest BCUT2D eigenvalue weighted by Gasteiger charge is -2.42. The number of anilines is 1. The number of hydrogen-bond donors (Lipinski definition) is 1. The van der Waals surface area contributed by atoms with Crippen LogP contribution in [0.5, 0.6) is 0 Å². The van der Waals surface area contributed by atoms with Crippen LogP contribution in [0.25, 0.3) is 0 Å².